The Kier molecular flexibility index (Phi) is 4.99. The normalized spacial score (nSPS) is 17.4. The van der Waals surface area contributed by atoms with Crippen LogP contribution in [0.25, 0.3) is 0 Å². The van der Waals surface area contributed by atoms with Gasteiger partial charge in [-0.15, -0.1) is 0 Å². The molecule has 122 valence electrons. The van der Waals surface area contributed by atoms with Crippen molar-refractivity contribution in [2.24, 2.45) is 5.92 Å². The van der Waals surface area contributed by atoms with Crippen LogP contribution in [-0.4, -0.2) is 44.0 Å². The summed E-state index contributed by atoms with van der Waals surface area (Å²) in [6.45, 7) is 2.07. The highest BCUT2D eigenvalue weighted by Gasteiger charge is 2.33. The molecule has 1 saturated heterocycles. The van der Waals surface area contributed by atoms with Gasteiger partial charge in [0.1, 0.15) is 5.75 Å². The van der Waals surface area contributed by atoms with Gasteiger partial charge in [-0.05, 0) is 37.5 Å². The quantitative estimate of drug-likeness (QED) is 0.902. The first-order chi connectivity index (χ1) is 10.3. The summed E-state index contributed by atoms with van der Waals surface area (Å²) in [4.78, 5) is 11.1. The Bertz CT molecular complexity index is 681. The summed E-state index contributed by atoms with van der Waals surface area (Å²) in [7, 11) is -2.23. The molecule has 0 atom stereocenters. The fraction of sp³-hybridized carbons (Fsp3) is 0.500. The second-order valence-corrected chi connectivity index (χ2v) is 7.58. The van der Waals surface area contributed by atoms with Crippen LogP contribution in [-0.2, 0) is 14.8 Å². The summed E-state index contributed by atoms with van der Waals surface area (Å²) < 4.78 is 31.8. The van der Waals surface area contributed by atoms with Crippen molar-refractivity contribution in [3.8, 4) is 5.75 Å². The maximum absolute atomic E-state index is 12.7. The molecule has 0 aromatic heterocycles. The lowest BCUT2D eigenvalue weighted by Crippen LogP contribution is -2.40. The molecule has 1 heterocycles. The second-order valence-electron chi connectivity index (χ2n) is 5.27. The van der Waals surface area contributed by atoms with Gasteiger partial charge in [0.05, 0.1) is 22.9 Å². The number of benzene rings is 1. The number of carboxylic acid groups (broad SMARTS) is 1. The molecule has 0 spiro atoms. The summed E-state index contributed by atoms with van der Waals surface area (Å²) in [5.41, 5.74) is 0.543. The van der Waals surface area contributed by atoms with E-state index in [2.05, 4.69) is 0 Å². The zero-order valence-electron chi connectivity index (χ0n) is 12.4. The number of halogens is 1. The summed E-state index contributed by atoms with van der Waals surface area (Å²) in [5, 5.41) is 9.21. The Balaban J connectivity index is 2.28. The lowest BCUT2D eigenvalue weighted by molar-refractivity contribution is -0.142. The van der Waals surface area contributed by atoms with Crippen LogP contribution in [0.4, 0.5) is 0 Å². The van der Waals surface area contributed by atoms with Gasteiger partial charge >= 0.3 is 5.97 Å². The topological polar surface area (TPSA) is 83.9 Å². The van der Waals surface area contributed by atoms with Crippen molar-refractivity contribution in [3.05, 3.63) is 22.7 Å². The first-order valence-electron chi connectivity index (χ1n) is 6.84. The number of nitrogens with zero attached hydrogens (tertiary/aromatic N) is 1. The zero-order valence-corrected chi connectivity index (χ0v) is 13.9. The summed E-state index contributed by atoms with van der Waals surface area (Å²) >= 11 is 6.03. The van der Waals surface area contributed by atoms with Gasteiger partial charge < -0.3 is 9.84 Å². The van der Waals surface area contributed by atoms with Crippen molar-refractivity contribution in [3.63, 3.8) is 0 Å². The molecular weight excluding hydrogens is 330 g/mol. The standard InChI is InChI=1S/C14H18ClNO5S/c1-9-7-12(21-2)11(15)8-13(9)22(19,20)16-5-3-10(4-6-16)14(17)18/h7-8,10H,3-6H2,1-2H3,(H,17,18). The highest BCUT2D eigenvalue weighted by Crippen LogP contribution is 2.32. The van der Waals surface area contributed by atoms with Gasteiger partial charge in [-0.2, -0.15) is 4.31 Å². The monoisotopic (exact) mass is 347 g/mol. The molecule has 6 nitrogen and oxygen atoms in total. The third-order valence-electron chi connectivity index (χ3n) is 3.87. The fourth-order valence-corrected chi connectivity index (χ4v) is 4.56. The van der Waals surface area contributed by atoms with Crippen LogP contribution in [0.3, 0.4) is 0 Å². The van der Waals surface area contributed by atoms with E-state index in [0.717, 1.165) is 0 Å². The second kappa shape index (κ2) is 6.44. The van der Waals surface area contributed by atoms with E-state index < -0.39 is 21.9 Å². The van der Waals surface area contributed by atoms with Crippen LogP contribution in [0.2, 0.25) is 5.02 Å². The SMILES string of the molecule is COc1cc(C)c(S(=O)(=O)N2CCC(C(=O)O)CC2)cc1Cl. The van der Waals surface area contributed by atoms with Gasteiger partial charge in [0.25, 0.3) is 0 Å². The number of hydrogen-bond acceptors (Lipinski definition) is 4. The highest BCUT2D eigenvalue weighted by atomic mass is 35.5. The Labute approximate surface area is 134 Å². The van der Waals surface area contributed by atoms with Crippen molar-refractivity contribution in [1.82, 2.24) is 4.31 Å². The fourth-order valence-electron chi connectivity index (χ4n) is 2.55. The summed E-state index contributed by atoms with van der Waals surface area (Å²) in [6.07, 6.45) is 0.634. The molecular formula is C14H18ClNO5S. The minimum Gasteiger partial charge on any atom is -0.495 e. The largest absolute Gasteiger partial charge is 0.495 e. The molecule has 0 unspecified atom stereocenters. The number of carboxylic acids is 1. The maximum atomic E-state index is 12.7. The predicted molar refractivity (Wildman–Crippen MR) is 81.9 cm³/mol. The van der Waals surface area contributed by atoms with Crippen molar-refractivity contribution >= 4 is 27.6 Å². The van der Waals surface area contributed by atoms with Gasteiger partial charge in [0.15, 0.2) is 0 Å². The van der Waals surface area contributed by atoms with E-state index in [1.54, 1.807) is 13.0 Å². The molecule has 1 fully saturated rings. The van der Waals surface area contributed by atoms with Crippen LogP contribution in [0.5, 0.6) is 5.75 Å². The number of piperidine rings is 1. The number of aryl methyl sites for hydroxylation is 1. The number of sulfonamides is 1. The lowest BCUT2D eigenvalue weighted by Gasteiger charge is -2.29. The van der Waals surface area contributed by atoms with E-state index in [-0.39, 0.29) is 23.0 Å². The first-order valence-corrected chi connectivity index (χ1v) is 8.66. The van der Waals surface area contributed by atoms with Gasteiger partial charge in [-0.3, -0.25) is 4.79 Å². The van der Waals surface area contributed by atoms with E-state index in [0.29, 0.717) is 24.2 Å². The third-order valence-corrected chi connectivity index (χ3v) is 6.21. The molecule has 8 heteroatoms. The van der Waals surface area contributed by atoms with Gasteiger partial charge in [0, 0.05) is 13.1 Å². The molecule has 0 amide bonds. The van der Waals surface area contributed by atoms with E-state index in [9.17, 15) is 13.2 Å². The number of carbonyl (C=O) groups is 1. The van der Waals surface area contributed by atoms with E-state index in [1.165, 1.54) is 17.5 Å². The van der Waals surface area contributed by atoms with Crippen molar-refractivity contribution in [2.75, 3.05) is 20.2 Å². The molecule has 22 heavy (non-hydrogen) atoms. The molecule has 0 saturated carbocycles. The maximum Gasteiger partial charge on any atom is 0.306 e. The van der Waals surface area contributed by atoms with Crippen LogP contribution in [0.1, 0.15) is 18.4 Å². The molecule has 1 aliphatic heterocycles. The first kappa shape index (κ1) is 17.1. The molecule has 1 aliphatic rings. The van der Waals surface area contributed by atoms with Crippen LogP contribution < -0.4 is 4.74 Å². The van der Waals surface area contributed by atoms with E-state index in [4.69, 9.17) is 21.4 Å². The molecule has 1 aromatic rings. The minimum atomic E-state index is -3.69. The predicted octanol–water partition coefficient (Wildman–Crippen LogP) is 2.14. The number of ether oxygens (including phenoxy) is 1. The molecule has 0 aliphatic carbocycles. The Morgan fingerprint density at radius 3 is 2.45 bits per heavy atom. The van der Waals surface area contributed by atoms with Crippen molar-refractivity contribution < 1.29 is 23.1 Å². The number of hydrogen-bond donors (Lipinski definition) is 1. The highest BCUT2D eigenvalue weighted by molar-refractivity contribution is 7.89. The Hall–Kier alpha value is -1.31. The molecule has 0 bridgehead atoms. The smallest absolute Gasteiger partial charge is 0.306 e. The average molecular weight is 348 g/mol. The van der Waals surface area contributed by atoms with E-state index >= 15 is 0 Å². The Morgan fingerprint density at radius 1 is 1.36 bits per heavy atom. The lowest BCUT2D eigenvalue weighted by atomic mass is 9.99. The zero-order chi connectivity index (χ0) is 16.5. The van der Waals surface area contributed by atoms with Crippen LogP contribution in [0, 0.1) is 12.8 Å². The third kappa shape index (κ3) is 3.21. The summed E-state index contributed by atoms with van der Waals surface area (Å²) in [6, 6.07) is 2.97. The van der Waals surface area contributed by atoms with Gasteiger partial charge in [-0.1, -0.05) is 11.6 Å². The average Bonchev–Trinajstić information content (AvgIpc) is 2.49. The van der Waals surface area contributed by atoms with E-state index in [1.807, 2.05) is 0 Å². The molecule has 0 radical (unpaired) electrons. The minimum absolute atomic E-state index is 0.132. The number of rotatable bonds is 4. The van der Waals surface area contributed by atoms with Crippen LogP contribution >= 0.6 is 11.6 Å². The number of aliphatic carboxylic acids is 1. The van der Waals surface area contributed by atoms with Gasteiger partial charge in [-0.25, -0.2) is 8.42 Å². The number of methoxy groups -OCH3 is 1. The molecule has 2 rings (SSSR count). The Morgan fingerprint density at radius 2 is 1.95 bits per heavy atom. The van der Waals surface area contributed by atoms with Crippen molar-refractivity contribution in [1.29, 1.82) is 0 Å². The molecule has 1 aromatic carbocycles. The summed E-state index contributed by atoms with van der Waals surface area (Å²) in [5.74, 6) is -0.935. The van der Waals surface area contributed by atoms with Crippen molar-refractivity contribution in [2.45, 2.75) is 24.7 Å². The van der Waals surface area contributed by atoms with Crippen LogP contribution in [0.15, 0.2) is 17.0 Å². The molecule has 1 N–H and O–H groups in total. The van der Waals surface area contributed by atoms with Gasteiger partial charge in [0.2, 0.25) is 10.0 Å².